The first-order valence-corrected chi connectivity index (χ1v) is 7.60. The Bertz CT molecular complexity index is 674. The lowest BCUT2D eigenvalue weighted by atomic mass is 10.1. The molecule has 6 heteroatoms. The number of rotatable bonds is 7. The maximum Gasteiger partial charge on any atom is 0.251 e. The van der Waals surface area contributed by atoms with E-state index in [1.807, 2.05) is 30.3 Å². The number of aliphatic hydroxyl groups is 1. The fourth-order valence-electron chi connectivity index (χ4n) is 2.12. The molecule has 0 saturated heterocycles. The average Bonchev–Trinajstić information content (AvgIpc) is 2.61. The van der Waals surface area contributed by atoms with Crippen LogP contribution in [0.3, 0.4) is 0 Å². The standard InChI is InChI=1S/C18H19FN2O3/c19-15-8-6-14(7-9-15)18(24)21-12-17(23)20-11-10-16(22)13-4-2-1-3-5-13/h1-9,16,22H,10-12H2,(H,20,23)(H,21,24)/t16-/m0/s1. The van der Waals surface area contributed by atoms with Gasteiger partial charge in [-0.2, -0.15) is 0 Å². The summed E-state index contributed by atoms with van der Waals surface area (Å²) in [5.41, 5.74) is 1.07. The molecule has 0 radical (unpaired) electrons. The highest BCUT2D eigenvalue weighted by Gasteiger charge is 2.10. The minimum absolute atomic E-state index is 0.183. The van der Waals surface area contributed by atoms with Crippen molar-refractivity contribution < 1.29 is 19.1 Å². The Kier molecular flexibility index (Phi) is 6.45. The van der Waals surface area contributed by atoms with E-state index in [9.17, 15) is 19.1 Å². The minimum Gasteiger partial charge on any atom is -0.388 e. The Balaban J connectivity index is 1.68. The van der Waals surface area contributed by atoms with Gasteiger partial charge in [0.15, 0.2) is 0 Å². The van der Waals surface area contributed by atoms with E-state index in [1.165, 1.54) is 24.3 Å². The van der Waals surface area contributed by atoms with Crippen molar-refractivity contribution in [2.45, 2.75) is 12.5 Å². The molecule has 0 aromatic heterocycles. The van der Waals surface area contributed by atoms with E-state index in [2.05, 4.69) is 10.6 Å². The maximum absolute atomic E-state index is 12.8. The molecule has 0 aliphatic carbocycles. The van der Waals surface area contributed by atoms with Crippen LogP contribution in [-0.4, -0.2) is 30.0 Å². The first-order valence-electron chi connectivity index (χ1n) is 7.60. The molecule has 24 heavy (non-hydrogen) atoms. The normalized spacial score (nSPS) is 11.6. The van der Waals surface area contributed by atoms with Crippen LogP contribution in [0.15, 0.2) is 54.6 Å². The van der Waals surface area contributed by atoms with E-state index in [4.69, 9.17) is 0 Å². The number of carbonyl (C=O) groups is 2. The summed E-state index contributed by atoms with van der Waals surface area (Å²) < 4.78 is 12.8. The summed E-state index contributed by atoms with van der Waals surface area (Å²) in [7, 11) is 0. The first-order chi connectivity index (χ1) is 11.6. The number of halogens is 1. The zero-order chi connectivity index (χ0) is 17.4. The number of benzene rings is 2. The van der Waals surface area contributed by atoms with Crippen LogP contribution >= 0.6 is 0 Å². The van der Waals surface area contributed by atoms with Crippen LogP contribution in [0.2, 0.25) is 0 Å². The molecule has 2 aromatic carbocycles. The quantitative estimate of drug-likeness (QED) is 0.724. The summed E-state index contributed by atoms with van der Waals surface area (Å²) in [6.45, 7) is 0.110. The van der Waals surface area contributed by atoms with Gasteiger partial charge in [-0.3, -0.25) is 9.59 Å². The lowest BCUT2D eigenvalue weighted by molar-refractivity contribution is -0.120. The summed E-state index contributed by atoms with van der Waals surface area (Å²) >= 11 is 0. The SMILES string of the molecule is O=C(CNC(=O)c1ccc(F)cc1)NCC[C@H](O)c1ccccc1. The smallest absolute Gasteiger partial charge is 0.251 e. The van der Waals surface area contributed by atoms with Crippen molar-refractivity contribution in [2.75, 3.05) is 13.1 Å². The highest BCUT2D eigenvalue weighted by molar-refractivity contribution is 5.96. The maximum atomic E-state index is 12.8. The van der Waals surface area contributed by atoms with Gasteiger partial charge in [-0.25, -0.2) is 4.39 Å². The van der Waals surface area contributed by atoms with Crippen molar-refractivity contribution >= 4 is 11.8 Å². The molecule has 0 spiro atoms. The van der Waals surface area contributed by atoms with Gasteiger partial charge < -0.3 is 15.7 Å². The molecule has 0 saturated carbocycles. The van der Waals surface area contributed by atoms with Gasteiger partial charge in [0, 0.05) is 12.1 Å². The predicted octanol–water partition coefficient (Wildman–Crippen LogP) is 1.80. The first kappa shape index (κ1) is 17.6. The minimum atomic E-state index is -0.652. The zero-order valence-corrected chi connectivity index (χ0v) is 13.0. The molecule has 0 unspecified atom stereocenters. The van der Waals surface area contributed by atoms with Crippen molar-refractivity contribution in [3.8, 4) is 0 Å². The Hall–Kier alpha value is -2.73. The molecule has 0 bridgehead atoms. The van der Waals surface area contributed by atoms with Crippen molar-refractivity contribution in [1.82, 2.24) is 10.6 Å². The monoisotopic (exact) mass is 330 g/mol. The van der Waals surface area contributed by atoms with E-state index < -0.39 is 17.8 Å². The van der Waals surface area contributed by atoms with Crippen molar-refractivity contribution in [1.29, 1.82) is 0 Å². The third-order valence-corrected chi connectivity index (χ3v) is 3.44. The predicted molar refractivity (Wildman–Crippen MR) is 87.8 cm³/mol. The summed E-state index contributed by atoms with van der Waals surface area (Å²) in [5, 5.41) is 15.0. The number of nitrogens with one attached hydrogen (secondary N) is 2. The second-order valence-electron chi connectivity index (χ2n) is 5.25. The zero-order valence-electron chi connectivity index (χ0n) is 13.0. The highest BCUT2D eigenvalue weighted by Crippen LogP contribution is 2.14. The molecule has 3 N–H and O–H groups in total. The molecule has 2 amide bonds. The van der Waals surface area contributed by atoms with Crippen molar-refractivity contribution in [2.24, 2.45) is 0 Å². The van der Waals surface area contributed by atoms with Gasteiger partial charge in [0.25, 0.3) is 5.91 Å². The topological polar surface area (TPSA) is 78.4 Å². The fraction of sp³-hybridized carbons (Fsp3) is 0.222. The second kappa shape index (κ2) is 8.79. The molecule has 1 atom stereocenters. The van der Waals surface area contributed by atoms with Gasteiger partial charge in [-0.1, -0.05) is 30.3 Å². The van der Waals surface area contributed by atoms with E-state index in [1.54, 1.807) is 0 Å². The van der Waals surface area contributed by atoms with Crippen LogP contribution in [-0.2, 0) is 4.79 Å². The molecule has 0 aliphatic heterocycles. The number of hydrogen-bond acceptors (Lipinski definition) is 3. The lowest BCUT2D eigenvalue weighted by Crippen LogP contribution is -2.37. The Morgan fingerprint density at radius 3 is 2.33 bits per heavy atom. The number of aliphatic hydroxyl groups excluding tert-OH is 1. The van der Waals surface area contributed by atoms with Crippen LogP contribution in [0.5, 0.6) is 0 Å². The molecule has 5 nitrogen and oxygen atoms in total. The van der Waals surface area contributed by atoms with Crippen LogP contribution in [0.1, 0.15) is 28.4 Å². The molecule has 126 valence electrons. The second-order valence-corrected chi connectivity index (χ2v) is 5.25. The van der Waals surface area contributed by atoms with Gasteiger partial charge in [0.05, 0.1) is 12.6 Å². The van der Waals surface area contributed by atoms with Crippen LogP contribution in [0.25, 0.3) is 0 Å². The molecule has 2 aromatic rings. The molecule has 0 heterocycles. The van der Waals surface area contributed by atoms with E-state index in [0.29, 0.717) is 13.0 Å². The molecular weight excluding hydrogens is 311 g/mol. The summed E-state index contributed by atoms with van der Waals surface area (Å²) in [6.07, 6.45) is -0.276. The molecule has 0 aliphatic rings. The van der Waals surface area contributed by atoms with E-state index in [-0.39, 0.29) is 18.0 Å². The van der Waals surface area contributed by atoms with Crippen molar-refractivity contribution in [3.63, 3.8) is 0 Å². The van der Waals surface area contributed by atoms with Crippen molar-refractivity contribution in [3.05, 3.63) is 71.5 Å². The number of hydrogen-bond donors (Lipinski definition) is 3. The molecule has 0 fully saturated rings. The van der Waals surface area contributed by atoms with Gasteiger partial charge in [0.2, 0.25) is 5.91 Å². The number of carbonyl (C=O) groups excluding carboxylic acids is 2. The highest BCUT2D eigenvalue weighted by atomic mass is 19.1. The third kappa shape index (κ3) is 5.48. The van der Waals surface area contributed by atoms with Crippen LogP contribution in [0.4, 0.5) is 4.39 Å². The number of amides is 2. The third-order valence-electron chi connectivity index (χ3n) is 3.44. The van der Waals surface area contributed by atoms with Gasteiger partial charge in [0.1, 0.15) is 5.82 Å². The Labute approximate surface area is 139 Å². The Morgan fingerprint density at radius 2 is 1.67 bits per heavy atom. The lowest BCUT2D eigenvalue weighted by Gasteiger charge is -2.12. The molecule has 2 rings (SSSR count). The van der Waals surface area contributed by atoms with Gasteiger partial charge in [-0.15, -0.1) is 0 Å². The van der Waals surface area contributed by atoms with Crippen LogP contribution in [0, 0.1) is 5.82 Å². The Morgan fingerprint density at radius 1 is 1.00 bits per heavy atom. The van der Waals surface area contributed by atoms with E-state index in [0.717, 1.165) is 5.56 Å². The summed E-state index contributed by atoms with van der Waals surface area (Å²) in [4.78, 5) is 23.5. The van der Waals surface area contributed by atoms with E-state index >= 15 is 0 Å². The fourth-order valence-corrected chi connectivity index (χ4v) is 2.12. The largest absolute Gasteiger partial charge is 0.388 e. The summed E-state index contributed by atoms with van der Waals surface area (Å²) in [6, 6.07) is 14.2. The van der Waals surface area contributed by atoms with Crippen LogP contribution < -0.4 is 10.6 Å². The summed E-state index contributed by atoms with van der Waals surface area (Å²) in [5.74, 6) is -1.23. The molecular formula is C18H19FN2O3. The van der Waals surface area contributed by atoms with Gasteiger partial charge in [-0.05, 0) is 36.2 Å². The average molecular weight is 330 g/mol. The van der Waals surface area contributed by atoms with Gasteiger partial charge >= 0.3 is 0 Å².